The minimum atomic E-state index is -1.01. The number of aromatic carboxylic acids is 1. The lowest BCUT2D eigenvalue weighted by Gasteiger charge is -2.21. The Bertz CT molecular complexity index is 1160. The van der Waals surface area contributed by atoms with E-state index >= 15 is 0 Å². The van der Waals surface area contributed by atoms with E-state index in [1.54, 1.807) is 17.0 Å². The second kappa shape index (κ2) is 8.71. The number of carboxylic acids is 1. The van der Waals surface area contributed by atoms with Crippen LogP contribution in [-0.2, 0) is 4.79 Å². The molecule has 0 aliphatic carbocycles. The van der Waals surface area contributed by atoms with E-state index < -0.39 is 5.97 Å². The average molecular weight is 411 g/mol. The van der Waals surface area contributed by atoms with Crippen molar-refractivity contribution in [2.24, 2.45) is 0 Å². The summed E-state index contributed by atoms with van der Waals surface area (Å²) in [6.45, 7) is 2.53. The van der Waals surface area contributed by atoms with Crippen LogP contribution in [0.2, 0.25) is 0 Å². The van der Waals surface area contributed by atoms with Crippen LogP contribution in [0.1, 0.15) is 28.4 Å². The van der Waals surface area contributed by atoms with Gasteiger partial charge in [-0.1, -0.05) is 42.5 Å². The molecule has 0 fully saturated rings. The maximum absolute atomic E-state index is 13.3. The molecular formula is C26H21NO4. The van der Waals surface area contributed by atoms with Crippen molar-refractivity contribution in [3.05, 3.63) is 107 Å². The van der Waals surface area contributed by atoms with Gasteiger partial charge in [-0.3, -0.25) is 9.69 Å². The summed E-state index contributed by atoms with van der Waals surface area (Å²) in [4.78, 5) is 26.2. The van der Waals surface area contributed by atoms with Crippen LogP contribution in [0.4, 0.5) is 5.69 Å². The minimum absolute atomic E-state index is 0.171. The van der Waals surface area contributed by atoms with Crippen LogP contribution in [0.3, 0.4) is 0 Å². The number of nitrogens with zero attached hydrogens (tertiary/aromatic N) is 1. The molecule has 1 amide bonds. The summed E-state index contributed by atoms with van der Waals surface area (Å²) in [5, 5.41) is 9.17. The Balaban J connectivity index is 1.73. The molecule has 3 aromatic carbocycles. The van der Waals surface area contributed by atoms with Gasteiger partial charge in [0.15, 0.2) is 0 Å². The van der Waals surface area contributed by atoms with Crippen LogP contribution in [0, 0.1) is 0 Å². The predicted molar refractivity (Wildman–Crippen MR) is 121 cm³/mol. The summed E-state index contributed by atoms with van der Waals surface area (Å²) in [5.74, 6) is -0.395. The summed E-state index contributed by atoms with van der Waals surface area (Å²) in [5.41, 5.74) is 3.86. The second-order valence-electron chi connectivity index (χ2n) is 6.99. The van der Waals surface area contributed by atoms with Gasteiger partial charge in [0.1, 0.15) is 5.75 Å². The maximum Gasteiger partial charge on any atom is 0.335 e. The van der Waals surface area contributed by atoms with E-state index in [2.05, 4.69) is 0 Å². The minimum Gasteiger partial charge on any atom is -0.494 e. The first kappa shape index (κ1) is 20.2. The van der Waals surface area contributed by atoms with Gasteiger partial charge in [-0.25, -0.2) is 4.79 Å². The monoisotopic (exact) mass is 411 g/mol. The Hall–Kier alpha value is -4.12. The molecule has 0 aromatic heterocycles. The zero-order valence-electron chi connectivity index (χ0n) is 17.0. The zero-order chi connectivity index (χ0) is 21.8. The highest BCUT2D eigenvalue weighted by Gasteiger charge is 2.30. The van der Waals surface area contributed by atoms with Gasteiger partial charge in [-0.2, -0.15) is 0 Å². The molecule has 0 atom stereocenters. The molecule has 5 heteroatoms. The molecule has 1 N–H and O–H groups in total. The second-order valence-corrected chi connectivity index (χ2v) is 6.99. The maximum atomic E-state index is 13.3. The van der Waals surface area contributed by atoms with Crippen LogP contribution in [-0.4, -0.2) is 23.6 Å². The smallest absolute Gasteiger partial charge is 0.335 e. The third-order valence-electron chi connectivity index (χ3n) is 4.94. The van der Waals surface area contributed by atoms with Crippen LogP contribution in [0.25, 0.3) is 11.8 Å². The van der Waals surface area contributed by atoms with Gasteiger partial charge in [0.05, 0.1) is 17.9 Å². The Morgan fingerprint density at radius 1 is 0.968 bits per heavy atom. The lowest BCUT2D eigenvalue weighted by Crippen LogP contribution is -2.25. The van der Waals surface area contributed by atoms with Crippen molar-refractivity contribution < 1.29 is 19.4 Å². The van der Waals surface area contributed by atoms with E-state index in [1.807, 2.05) is 73.7 Å². The molecule has 1 heterocycles. The van der Waals surface area contributed by atoms with Gasteiger partial charge in [0.25, 0.3) is 5.91 Å². The topological polar surface area (TPSA) is 66.8 Å². The molecule has 1 aliphatic rings. The number of carboxylic acid groups (broad SMARTS) is 1. The molecule has 1 aliphatic heterocycles. The standard InChI is InChI=1S/C26H21NO4/c1-2-31-23-14-8-18(9-15-23)16-21-17-24(19-6-4-3-5-7-19)27(25(21)28)22-12-10-20(11-13-22)26(29)30/h3-17H,2H2,1H3,(H,29,30)/b21-16+. The van der Waals surface area contributed by atoms with Gasteiger partial charge >= 0.3 is 5.97 Å². The highest BCUT2D eigenvalue weighted by Crippen LogP contribution is 2.35. The molecule has 0 bridgehead atoms. The van der Waals surface area contributed by atoms with Gasteiger partial charge in [-0.15, -0.1) is 0 Å². The van der Waals surface area contributed by atoms with E-state index in [-0.39, 0.29) is 11.5 Å². The summed E-state index contributed by atoms with van der Waals surface area (Å²) in [6, 6.07) is 23.5. The van der Waals surface area contributed by atoms with E-state index in [1.165, 1.54) is 12.1 Å². The van der Waals surface area contributed by atoms with Crippen LogP contribution < -0.4 is 9.64 Å². The normalized spacial score (nSPS) is 14.6. The molecule has 31 heavy (non-hydrogen) atoms. The first-order valence-electron chi connectivity index (χ1n) is 9.96. The van der Waals surface area contributed by atoms with Crippen LogP contribution in [0.15, 0.2) is 90.5 Å². The van der Waals surface area contributed by atoms with E-state index in [4.69, 9.17) is 4.74 Å². The number of rotatable bonds is 6. The molecule has 0 saturated heterocycles. The first-order chi connectivity index (χ1) is 15.1. The zero-order valence-corrected chi connectivity index (χ0v) is 17.0. The molecule has 154 valence electrons. The number of carbonyl (C=O) groups is 2. The number of hydrogen-bond acceptors (Lipinski definition) is 3. The highest BCUT2D eigenvalue weighted by molar-refractivity contribution is 6.23. The van der Waals surface area contributed by atoms with Gasteiger partial charge in [0, 0.05) is 11.3 Å². The lowest BCUT2D eigenvalue weighted by molar-refractivity contribution is -0.113. The van der Waals surface area contributed by atoms with Gasteiger partial charge < -0.3 is 9.84 Å². The molecule has 0 saturated carbocycles. The third-order valence-corrected chi connectivity index (χ3v) is 4.94. The number of carbonyl (C=O) groups excluding carboxylic acids is 1. The molecule has 5 nitrogen and oxygen atoms in total. The number of ether oxygens (including phenoxy) is 1. The van der Waals surface area contributed by atoms with Crippen molar-refractivity contribution in [3.8, 4) is 5.75 Å². The third kappa shape index (κ3) is 4.26. The largest absolute Gasteiger partial charge is 0.494 e. The Labute approximate surface area is 180 Å². The quantitative estimate of drug-likeness (QED) is 0.562. The summed E-state index contributed by atoms with van der Waals surface area (Å²) < 4.78 is 5.48. The van der Waals surface area contributed by atoms with Crippen molar-refractivity contribution in [1.29, 1.82) is 0 Å². The van der Waals surface area contributed by atoms with Crippen molar-refractivity contribution in [3.63, 3.8) is 0 Å². The van der Waals surface area contributed by atoms with Crippen molar-refractivity contribution >= 4 is 29.3 Å². The summed E-state index contributed by atoms with van der Waals surface area (Å²) >= 11 is 0. The van der Waals surface area contributed by atoms with E-state index in [0.717, 1.165) is 22.6 Å². The van der Waals surface area contributed by atoms with Crippen molar-refractivity contribution in [2.75, 3.05) is 11.5 Å². The highest BCUT2D eigenvalue weighted by atomic mass is 16.5. The van der Waals surface area contributed by atoms with Crippen LogP contribution >= 0.6 is 0 Å². The molecule has 3 aromatic rings. The van der Waals surface area contributed by atoms with Crippen LogP contribution in [0.5, 0.6) is 5.75 Å². The number of amides is 1. The van der Waals surface area contributed by atoms with Crippen molar-refractivity contribution in [1.82, 2.24) is 0 Å². The van der Waals surface area contributed by atoms with E-state index in [0.29, 0.717) is 17.9 Å². The predicted octanol–water partition coefficient (Wildman–Crippen LogP) is 5.25. The molecular weight excluding hydrogens is 390 g/mol. The Morgan fingerprint density at radius 2 is 1.65 bits per heavy atom. The lowest BCUT2D eigenvalue weighted by atomic mass is 10.1. The fourth-order valence-corrected chi connectivity index (χ4v) is 3.45. The number of benzene rings is 3. The van der Waals surface area contributed by atoms with E-state index in [9.17, 15) is 14.7 Å². The summed E-state index contributed by atoms with van der Waals surface area (Å²) in [6.07, 6.45) is 3.70. The first-order valence-corrected chi connectivity index (χ1v) is 9.96. The summed E-state index contributed by atoms with van der Waals surface area (Å²) in [7, 11) is 0. The SMILES string of the molecule is CCOc1ccc(/C=C2\C=C(c3ccccc3)N(c3ccc(C(=O)O)cc3)C2=O)cc1. The molecule has 0 unspecified atom stereocenters. The fourth-order valence-electron chi connectivity index (χ4n) is 3.45. The van der Waals surface area contributed by atoms with Gasteiger partial charge in [-0.05, 0) is 66.6 Å². The fraction of sp³-hybridized carbons (Fsp3) is 0.0769. The number of anilines is 1. The van der Waals surface area contributed by atoms with Crippen molar-refractivity contribution in [2.45, 2.75) is 6.92 Å². The number of hydrogen-bond donors (Lipinski definition) is 1. The Morgan fingerprint density at radius 3 is 2.26 bits per heavy atom. The Kier molecular flexibility index (Phi) is 5.67. The molecule has 4 rings (SSSR count). The molecule has 0 radical (unpaired) electrons. The average Bonchev–Trinajstić information content (AvgIpc) is 3.12. The molecule has 0 spiro atoms. The van der Waals surface area contributed by atoms with Gasteiger partial charge in [0.2, 0.25) is 0 Å².